The number of halogens is 1. The fraction of sp³-hybridized carbons (Fsp3) is 0.364. The van der Waals surface area contributed by atoms with Crippen molar-refractivity contribution in [3.8, 4) is 0 Å². The lowest BCUT2D eigenvalue weighted by Gasteiger charge is -2.13. The van der Waals surface area contributed by atoms with Gasteiger partial charge in [0.25, 0.3) is 0 Å². The third-order valence-corrected chi connectivity index (χ3v) is 4.29. The van der Waals surface area contributed by atoms with E-state index in [2.05, 4.69) is 26.0 Å². The normalized spacial score (nSPS) is 13.1. The first-order valence-corrected chi connectivity index (χ1v) is 7.70. The predicted octanol–water partition coefficient (Wildman–Crippen LogP) is 1.25. The second-order valence-electron chi connectivity index (χ2n) is 3.69. The molecule has 0 aliphatic rings. The zero-order valence-electron chi connectivity index (χ0n) is 10.1. The standard InChI is InChI=1S/C11H15BrN2O3S/c1-3-13-11(15)8(2)14-18(16,17)10-6-4-9(12)5-7-10/h4-8,14H,3H2,1-2H3,(H,13,15)/t8-/m0/s1. The summed E-state index contributed by atoms with van der Waals surface area (Å²) in [6.45, 7) is 3.73. The van der Waals surface area contributed by atoms with E-state index in [9.17, 15) is 13.2 Å². The van der Waals surface area contributed by atoms with Crippen LogP contribution in [-0.2, 0) is 14.8 Å². The van der Waals surface area contributed by atoms with Gasteiger partial charge in [-0.05, 0) is 38.1 Å². The molecular weight excluding hydrogens is 320 g/mol. The summed E-state index contributed by atoms with van der Waals surface area (Å²) in [6, 6.07) is 5.39. The van der Waals surface area contributed by atoms with E-state index >= 15 is 0 Å². The number of sulfonamides is 1. The van der Waals surface area contributed by atoms with Gasteiger partial charge in [-0.2, -0.15) is 4.72 Å². The van der Waals surface area contributed by atoms with E-state index in [1.54, 1.807) is 19.1 Å². The molecule has 2 N–H and O–H groups in total. The molecule has 1 aromatic rings. The molecule has 0 unspecified atom stereocenters. The number of nitrogens with one attached hydrogen (secondary N) is 2. The number of hydrogen-bond acceptors (Lipinski definition) is 3. The number of benzene rings is 1. The highest BCUT2D eigenvalue weighted by Gasteiger charge is 2.21. The highest BCUT2D eigenvalue weighted by atomic mass is 79.9. The lowest BCUT2D eigenvalue weighted by atomic mass is 10.3. The zero-order valence-corrected chi connectivity index (χ0v) is 12.5. The second-order valence-corrected chi connectivity index (χ2v) is 6.32. The van der Waals surface area contributed by atoms with Crippen LogP contribution in [-0.4, -0.2) is 26.9 Å². The Kier molecular flexibility index (Phi) is 5.30. The van der Waals surface area contributed by atoms with Crippen molar-refractivity contribution in [1.29, 1.82) is 0 Å². The van der Waals surface area contributed by atoms with E-state index < -0.39 is 16.1 Å². The summed E-state index contributed by atoms with van der Waals surface area (Å²) in [5.74, 6) is -0.349. The van der Waals surface area contributed by atoms with Gasteiger partial charge in [0.2, 0.25) is 15.9 Å². The first-order valence-electron chi connectivity index (χ1n) is 5.42. The summed E-state index contributed by atoms with van der Waals surface area (Å²) in [5, 5.41) is 2.56. The Morgan fingerprint density at radius 1 is 1.33 bits per heavy atom. The van der Waals surface area contributed by atoms with Crippen molar-refractivity contribution in [2.24, 2.45) is 0 Å². The minimum atomic E-state index is -3.67. The minimum absolute atomic E-state index is 0.127. The van der Waals surface area contributed by atoms with Crippen molar-refractivity contribution in [1.82, 2.24) is 10.0 Å². The largest absolute Gasteiger partial charge is 0.355 e. The summed E-state index contributed by atoms with van der Waals surface area (Å²) < 4.78 is 27.0. The molecule has 0 saturated carbocycles. The molecule has 0 aliphatic carbocycles. The average molecular weight is 335 g/mol. The van der Waals surface area contributed by atoms with Crippen LogP contribution in [0.1, 0.15) is 13.8 Å². The third kappa shape index (κ3) is 4.08. The third-order valence-electron chi connectivity index (χ3n) is 2.20. The molecule has 0 heterocycles. The Hall–Kier alpha value is -0.920. The first-order chi connectivity index (χ1) is 8.36. The Morgan fingerprint density at radius 2 is 1.89 bits per heavy atom. The average Bonchev–Trinajstić information content (AvgIpc) is 2.29. The van der Waals surface area contributed by atoms with Gasteiger partial charge >= 0.3 is 0 Å². The van der Waals surface area contributed by atoms with Gasteiger partial charge in [-0.1, -0.05) is 15.9 Å². The van der Waals surface area contributed by atoms with Gasteiger partial charge in [-0.25, -0.2) is 8.42 Å². The fourth-order valence-corrected chi connectivity index (χ4v) is 2.76. The van der Waals surface area contributed by atoms with Crippen LogP contribution < -0.4 is 10.0 Å². The van der Waals surface area contributed by atoms with E-state index in [-0.39, 0.29) is 10.8 Å². The molecule has 7 heteroatoms. The van der Waals surface area contributed by atoms with E-state index in [0.29, 0.717) is 6.54 Å². The SMILES string of the molecule is CCNC(=O)[C@H](C)NS(=O)(=O)c1ccc(Br)cc1. The molecule has 100 valence electrons. The number of amides is 1. The monoisotopic (exact) mass is 334 g/mol. The lowest BCUT2D eigenvalue weighted by molar-refractivity contribution is -0.122. The zero-order chi connectivity index (χ0) is 13.8. The highest BCUT2D eigenvalue weighted by Crippen LogP contribution is 2.14. The highest BCUT2D eigenvalue weighted by molar-refractivity contribution is 9.10. The molecule has 0 aromatic heterocycles. The van der Waals surface area contributed by atoms with Crippen LogP contribution >= 0.6 is 15.9 Å². The summed E-state index contributed by atoms with van der Waals surface area (Å²) in [4.78, 5) is 11.6. The van der Waals surface area contributed by atoms with Gasteiger partial charge in [-0.3, -0.25) is 4.79 Å². The van der Waals surface area contributed by atoms with E-state index in [4.69, 9.17) is 0 Å². The smallest absolute Gasteiger partial charge is 0.241 e. The Bertz CT molecular complexity index is 514. The van der Waals surface area contributed by atoms with Crippen LogP contribution in [0, 0.1) is 0 Å². The van der Waals surface area contributed by atoms with Crippen molar-refractivity contribution < 1.29 is 13.2 Å². The topological polar surface area (TPSA) is 75.3 Å². The van der Waals surface area contributed by atoms with Crippen LogP contribution in [0.15, 0.2) is 33.6 Å². The number of hydrogen-bond donors (Lipinski definition) is 2. The lowest BCUT2D eigenvalue weighted by Crippen LogP contribution is -2.44. The first kappa shape index (κ1) is 15.1. The van der Waals surface area contributed by atoms with Crippen LogP contribution in [0.3, 0.4) is 0 Å². The fourth-order valence-electron chi connectivity index (χ4n) is 1.30. The van der Waals surface area contributed by atoms with E-state index in [0.717, 1.165) is 4.47 Å². The molecule has 0 spiro atoms. The van der Waals surface area contributed by atoms with Gasteiger partial charge in [-0.15, -0.1) is 0 Å². The molecule has 0 radical (unpaired) electrons. The molecule has 1 rings (SSSR count). The van der Waals surface area contributed by atoms with Crippen molar-refractivity contribution in [3.63, 3.8) is 0 Å². The van der Waals surface area contributed by atoms with E-state index in [1.807, 2.05) is 0 Å². The molecule has 1 atom stereocenters. The number of rotatable bonds is 5. The Morgan fingerprint density at radius 3 is 2.39 bits per heavy atom. The van der Waals surface area contributed by atoms with Crippen molar-refractivity contribution in [3.05, 3.63) is 28.7 Å². The molecular formula is C11H15BrN2O3S. The van der Waals surface area contributed by atoms with Gasteiger partial charge < -0.3 is 5.32 Å². The van der Waals surface area contributed by atoms with Crippen LogP contribution in [0.4, 0.5) is 0 Å². The van der Waals surface area contributed by atoms with Crippen molar-refractivity contribution >= 4 is 31.9 Å². The minimum Gasteiger partial charge on any atom is -0.355 e. The predicted molar refractivity (Wildman–Crippen MR) is 72.6 cm³/mol. The number of carbonyl (C=O) groups is 1. The molecule has 0 saturated heterocycles. The van der Waals surface area contributed by atoms with Gasteiger partial charge in [0.15, 0.2) is 0 Å². The molecule has 1 amide bonds. The van der Waals surface area contributed by atoms with Crippen LogP contribution in [0.2, 0.25) is 0 Å². The van der Waals surface area contributed by atoms with E-state index in [1.165, 1.54) is 19.1 Å². The molecule has 5 nitrogen and oxygen atoms in total. The maximum Gasteiger partial charge on any atom is 0.241 e. The number of likely N-dealkylation sites (N-methyl/N-ethyl adjacent to an activating group) is 1. The molecule has 0 aliphatic heterocycles. The van der Waals surface area contributed by atoms with Crippen molar-refractivity contribution in [2.45, 2.75) is 24.8 Å². The molecule has 0 fully saturated rings. The summed E-state index contributed by atoms with van der Waals surface area (Å²) in [7, 11) is -3.67. The van der Waals surface area contributed by atoms with Gasteiger partial charge in [0.05, 0.1) is 10.9 Å². The summed E-state index contributed by atoms with van der Waals surface area (Å²) >= 11 is 3.23. The molecule has 1 aromatic carbocycles. The summed E-state index contributed by atoms with van der Waals surface area (Å²) in [6.07, 6.45) is 0. The quantitative estimate of drug-likeness (QED) is 0.850. The molecule has 18 heavy (non-hydrogen) atoms. The Balaban J connectivity index is 2.82. The maximum absolute atomic E-state index is 12.0. The molecule has 0 bridgehead atoms. The van der Waals surface area contributed by atoms with Crippen molar-refractivity contribution in [2.75, 3.05) is 6.54 Å². The van der Waals surface area contributed by atoms with Crippen LogP contribution in [0.25, 0.3) is 0 Å². The van der Waals surface area contributed by atoms with Crippen LogP contribution in [0.5, 0.6) is 0 Å². The number of carbonyl (C=O) groups excluding carboxylic acids is 1. The van der Waals surface area contributed by atoms with Gasteiger partial charge in [0, 0.05) is 11.0 Å². The second kappa shape index (κ2) is 6.31. The van der Waals surface area contributed by atoms with Gasteiger partial charge in [0.1, 0.15) is 0 Å². The Labute approximate surface area is 115 Å². The summed E-state index contributed by atoms with van der Waals surface area (Å²) in [5.41, 5.74) is 0. The maximum atomic E-state index is 12.0.